The maximum absolute atomic E-state index is 3.68. The highest BCUT2D eigenvalue weighted by Gasteiger charge is 2.00. The van der Waals surface area contributed by atoms with Crippen molar-refractivity contribution in [1.82, 2.24) is 0 Å². The molecule has 0 N–H and O–H groups in total. The fourth-order valence-electron chi connectivity index (χ4n) is 1.30. The first-order chi connectivity index (χ1) is 6.70. The van der Waals surface area contributed by atoms with Gasteiger partial charge in [-0.15, -0.1) is 0 Å². The molecule has 0 amide bonds. The molecule has 0 aliphatic heterocycles. The highest BCUT2D eigenvalue weighted by atomic mass is 79.9. The van der Waals surface area contributed by atoms with Crippen molar-refractivity contribution in [3.63, 3.8) is 0 Å². The second-order valence-electron chi connectivity index (χ2n) is 3.70. The lowest BCUT2D eigenvalue weighted by Crippen LogP contribution is -1.96. The molecule has 2 atom stereocenters. The molecule has 0 heterocycles. The van der Waals surface area contributed by atoms with Gasteiger partial charge in [-0.1, -0.05) is 83.5 Å². The van der Waals surface area contributed by atoms with E-state index in [2.05, 4.69) is 57.9 Å². The molecular formula is C12H22Br2. The Morgan fingerprint density at radius 1 is 0.857 bits per heavy atom. The van der Waals surface area contributed by atoms with E-state index in [9.17, 15) is 0 Å². The van der Waals surface area contributed by atoms with Crippen LogP contribution in [0.25, 0.3) is 0 Å². The average Bonchev–Trinajstić information content (AvgIpc) is 2.16. The second-order valence-corrected chi connectivity index (χ2v) is 6.05. The van der Waals surface area contributed by atoms with Gasteiger partial charge in [0.2, 0.25) is 0 Å². The first-order valence-corrected chi connectivity index (χ1v) is 7.50. The Kier molecular flexibility index (Phi) is 10.7. The zero-order chi connectivity index (χ0) is 10.8. The van der Waals surface area contributed by atoms with Gasteiger partial charge < -0.3 is 0 Å². The van der Waals surface area contributed by atoms with Crippen LogP contribution in [0.2, 0.25) is 0 Å². The van der Waals surface area contributed by atoms with Crippen LogP contribution in [-0.2, 0) is 0 Å². The molecule has 0 spiro atoms. The predicted molar refractivity (Wildman–Crippen MR) is 73.6 cm³/mol. The fraction of sp³-hybridized carbons (Fsp3) is 0.833. The van der Waals surface area contributed by atoms with Crippen LogP contribution in [0.15, 0.2) is 12.2 Å². The third kappa shape index (κ3) is 9.26. The van der Waals surface area contributed by atoms with Crippen LogP contribution in [-0.4, -0.2) is 9.65 Å². The summed E-state index contributed by atoms with van der Waals surface area (Å²) in [6.45, 7) is 4.46. The van der Waals surface area contributed by atoms with Crippen LogP contribution in [0.5, 0.6) is 0 Å². The highest BCUT2D eigenvalue weighted by molar-refractivity contribution is 9.10. The van der Waals surface area contributed by atoms with Crippen molar-refractivity contribution in [1.29, 1.82) is 0 Å². The number of allylic oxidation sites excluding steroid dienone is 2. The van der Waals surface area contributed by atoms with Gasteiger partial charge >= 0.3 is 0 Å². The quantitative estimate of drug-likeness (QED) is 0.316. The molecule has 0 aliphatic carbocycles. The van der Waals surface area contributed by atoms with Crippen LogP contribution in [0.1, 0.15) is 52.4 Å². The number of hydrogen-bond acceptors (Lipinski definition) is 0. The molecule has 0 radical (unpaired) electrons. The molecule has 0 rings (SSSR count). The Morgan fingerprint density at radius 3 is 1.93 bits per heavy atom. The van der Waals surface area contributed by atoms with Crippen molar-refractivity contribution < 1.29 is 0 Å². The molecule has 0 saturated carbocycles. The standard InChI is InChI=1S/C12H22Br2/c1-3-5-6-8-12(14)10-9-11(13)7-4-2/h9-12H,3-8H2,1-2H3. The molecule has 0 fully saturated rings. The third-order valence-corrected chi connectivity index (χ3v) is 3.70. The van der Waals surface area contributed by atoms with Gasteiger partial charge in [0.25, 0.3) is 0 Å². The number of hydrogen-bond donors (Lipinski definition) is 0. The minimum absolute atomic E-state index is 0.554. The maximum atomic E-state index is 3.68. The molecule has 0 nitrogen and oxygen atoms in total. The SMILES string of the molecule is CCCCCC(Br)C=CC(Br)CCC. The Balaban J connectivity index is 3.53. The lowest BCUT2D eigenvalue weighted by atomic mass is 10.1. The van der Waals surface area contributed by atoms with E-state index in [0.29, 0.717) is 9.65 Å². The van der Waals surface area contributed by atoms with E-state index in [-0.39, 0.29) is 0 Å². The molecule has 0 aromatic rings. The van der Waals surface area contributed by atoms with Crippen LogP contribution < -0.4 is 0 Å². The van der Waals surface area contributed by atoms with Gasteiger partial charge in [0, 0.05) is 9.65 Å². The summed E-state index contributed by atoms with van der Waals surface area (Å²) in [7, 11) is 0. The Morgan fingerprint density at radius 2 is 1.43 bits per heavy atom. The van der Waals surface area contributed by atoms with Crippen molar-refractivity contribution >= 4 is 31.9 Å². The smallest absolute Gasteiger partial charge is 0.0325 e. The van der Waals surface area contributed by atoms with Crippen molar-refractivity contribution in [2.24, 2.45) is 0 Å². The Labute approximate surface area is 106 Å². The highest BCUT2D eigenvalue weighted by Crippen LogP contribution is 2.15. The van der Waals surface area contributed by atoms with E-state index in [4.69, 9.17) is 0 Å². The van der Waals surface area contributed by atoms with Gasteiger partial charge in [-0.2, -0.15) is 0 Å². The summed E-state index contributed by atoms with van der Waals surface area (Å²) < 4.78 is 0. The monoisotopic (exact) mass is 324 g/mol. The van der Waals surface area contributed by atoms with E-state index in [1.54, 1.807) is 0 Å². The van der Waals surface area contributed by atoms with Crippen LogP contribution in [0.3, 0.4) is 0 Å². The van der Waals surface area contributed by atoms with Crippen molar-refractivity contribution in [3.05, 3.63) is 12.2 Å². The van der Waals surface area contributed by atoms with Gasteiger partial charge in [0.1, 0.15) is 0 Å². The van der Waals surface area contributed by atoms with Crippen LogP contribution in [0.4, 0.5) is 0 Å². The minimum atomic E-state index is 0.554. The average molecular weight is 326 g/mol. The van der Waals surface area contributed by atoms with Gasteiger partial charge in [-0.05, 0) is 12.8 Å². The third-order valence-electron chi connectivity index (χ3n) is 2.18. The molecule has 0 aromatic carbocycles. The van der Waals surface area contributed by atoms with Gasteiger partial charge in [0.15, 0.2) is 0 Å². The first kappa shape index (κ1) is 14.7. The van der Waals surface area contributed by atoms with E-state index < -0.39 is 0 Å². The number of alkyl halides is 2. The largest absolute Gasteiger partial charge is 0.0845 e. The molecule has 14 heavy (non-hydrogen) atoms. The first-order valence-electron chi connectivity index (χ1n) is 5.67. The molecule has 0 aromatic heterocycles. The normalized spacial score (nSPS) is 16.0. The number of halogens is 2. The molecule has 2 unspecified atom stereocenters. The summed E-state index contributed by atoms with van der Waals surface area (Å²) >= 11 is 7.32. The van der Waals surface area contributed by atoms with Crippen LogP contribution >= 0.6 is 31.9 Å². The van der Waals surface area contributed by atoms with Crippen LogP contribution in [0, 0.1) is 0 Å². The minimum Gasteiger partial charge on any atom is -0.0845 e. The molecule has 2 heteroatoms. The van der Waals surface area contributed by atoms with Crippen molar-refractivity contribution in [2.75, 3.05) is 0 Å². The maximum Gasteiger partial charge on any atom is 0.0325 e. The van der Waals surface area contributed by atoms with E-state index in [1.807, 2.05) is 0 Å². The zero-order valence-electron chi connectivity index (χ0n) is 9.31. The fourth-order valence-corrected chi connectivity index (χ4v) is 2.43. The van der Waals surface area contributed by atoms with Crippen molar-refractivity contribution in [3.8, 4) is 0 Å². The molecule has 84 valence electrons. The van der Waals surface area contributed by atoms with E-state index in [1.165, 1.54) is 38.5 Å². The molecule has 0 saturated heterocycles. The summed E-state index contributed by atoms with van der Waals surface area (Å²) in [6, 6.07) is 0. The lowest BCUT2D eigenvalue weighted by molar-refractivity contribution is 0.683. The van der Waals surface area contributed by atoms with E-state index in [0.717, 1.165) is 0 Å². The molecule has 0 aliphatic rings. The Bertz CT molecular complexity index is 143. The summed E-state index contributed by atoms with van der Waals surface area (Å²) in [5.74, 6) is 0. The summed E-state index contributed by atoms with van der Waals surface area (Å²) in [5.41, 5.74) is 0. The second kappa shape index (κ2) is 10.2. The molecule has 0 bridgehead atoms. The summed E-state index contributed by atoms with van der Waals surface area (Å²) in [6.07, 6.45) is 12.3. The summed E-state index contributed by atoms with van der Waals surface area (Å²) in [5, 5.41) is 0. The number of unbranched alkanes of at least 4 members (excludes halogenated alkanes) is 2. The van der Waals surface area contributed by atoms with Gasteiger partial charge in [-0.25, -0.2) is 0 Å². The molecular weight excluding hydrogens is 304 g/mol. The predicted octanol–water partition coefficient (Wildman–Crippen LogP) is 5.45. The lowest BCUT2D eigenvalue weighted by Gasteiger charge is -2.05. The topological polar surface area (TPSA) is 0 Å². The van der Waals surface area contributed by atoms with Gasteiger partial charge in [0.05, 0.1) is 0 Å². The zero-order valence-corrected chi connectivity index (χ0v) is 12.5. The van der Waals surface area contributed by atoms with Gasteiger partial charge in [-0.3, -0.25) is 0 Å². The Hall–Kier alpha value is 0.700. The number of rotatable bonds is 8. The summed E-state index contributed by atoms with van der Waals surface area (Å²) in [4.78, 5) is 1.12. The van der Waals surface area contributed by atoms with E-state index >= 15 is 0 Å². The van der Waals surface area contributed by atoms with Crippen molar-refractivity contribution in [2.45, 2.75) is 62.0 Å².